The van der Waals surface area contributed by atoms with E-state index in [4.69, 9.17) is 5.73 Å². The Balaban J connectivity index is 2.05. The van der Waals surface area contributed by atoms with Gasteiger partial charge in [0.1, 0.15) is 0 Å². The van der Waals surface area contributed by atoms with E-state index < -0.39 is 12.0 Å². The van der Waals surface area contributed by atoms with Gasteiger partial charge in [-0.3, -0.25) is 0 Å². The molecule has 0 bridgehead atoms. The van der Waals surface area contributed by atoms with Crippen LogP contribution in [0, 0.1) is 0 Å². The van der Waals surface area contributed by atoms with Gasteiger partial charge >= 0.3 is 6.18 Å². The highest BCUT2D eigenvalue weighted by Gasteiger charge is 2.37. The van der Waals surface area contributed by atoms with Gasteiger partial charge < -0.3 is 5.73 Å². The highest BCUT2D eigenvalue weighted by Crippen LogP contribution is 2.41. The number of rotatable bonds is 3. The molecule has 1 heterocycles. The summed E-state index contributed by atoms with van der Waals surface area (Å²) in [5, 5.41) is 3.51. The molecule has 0 amide bonds. The van der Waals surface area contributed by atoms with E-state index in [2.05, 4.69) is 10.1 Å². The fourth-order valence-corrected chi connectivity index (χ4v) is 2.39. The zero-order valence-electron chi connectivity index (χ0n) is 11.5. The van der Waals surface area contributed by atoms with E-state index in [1.165, 1.54) is 18.4 Å². The largest absolute Gasteiger partial charge is 0.453 e. The lowest BCUT2D eigenvalue weighted by molar-refractivity contribution is -0.144. The van der Waals surface area contributed by atoms with Gasteiger partial charge in [0.05, 0.1) is 5.69 Å². The first-order valence-electron chi connectivity index (χ1n) is 6.83. The highest BCUT2D eigenvalue weighted by atomic mass is 19.4. The van der Waals surface area contributed by atoms with Crippen LogP contribution in [0.1, 0.15) is 42.6 Å². The van der Waals surface area contributed by atoms with Gasteiger partial charge in [-0.2, -0.15) is 22.8 Å². The molecule has 0 atom stereocenters. The van der Waals surface area contributed by atoms with Crippen LogP contribution in [-0.2, 0) is 12.6 Å². The Bertz CT molecular complexity index is 671. The number of nitrogens with zero attached hydrogens (tertiary/aromatic N) is 3. The summed E-state index contributed by atoms with van der Waals surface area (Å²) in [6.45, 7) is 1.95. The molecule has 4 nitrogen and oxygen atoms in total. The van der Waals surface area contributed by atoms with Crippen LogP contribution in [0.4, 0.5) is 19.1 Å². The number of aryl methyl sites for hydroxylation is 1. The molecule has 1 saturated carbocycles. The molecule has 1 aliphatic rings. The van der Waals surface area contributed by atoms with E-state index in [1.54, 1.807) is 6.07 Å². The average molecular weight is 296 g/mol. The van der Waals surface area contributed by atoms with Crippen molar-refractivity contribution in [1.29, 1.82) is 0 Å². The van der Waals surface area contributed by atoms with Crippen molar-refractivity contribution in [3.05, 3.63) is 35.2 Å². The lowest BCUT2D eigenvalue weighted by atomic mass is 10.0. The summed E-state index contributed by atoms with van der Waals surface area (Å²) in [4.78, 5) is 3.31. The number of halogens is 3. The molecule has 2 aromatic rings. The summed E-state index contributed by atoms with van der Waals surface area (Å²) in [6, 6.07) is 5.74. The molecule has 1 fully saturated rings. The van der Waals surface area contributed by atoms with Crippen molar-refractivity contribution < 1.29 is 13.2 Å². The fraction of sp³-hybridized carbons (Fsp3) is 0.429. The normalized spacial score (nSPS) is 15.4. The van der Waals surface area contributed by atoms with Gasteiger partial charge in [-0.15, -0.1) is 5.10 Å². The quantitative estimate of drug-likeness (QED) is 0.945. The van der Waals surface area contributed by atoms with E-state index in [0.29, 0.717) is 18.0 Å². The van der Waals surface area contributed by atoms with Crippen LogP contribution in [0.2, 0.25) is 0 Å². The monoisotopic (exact) mass is 296 g/mol. The van der Waals surface area contributed by atoms with Gasteiger partial charge in [-0.05, 0) is 42.4 Å². The van der Waals surface area contributed by atoms with Crippen LogP contribution < -0.4 is 5.73 Å². The van der Waals surface area contributed by atoms with Crippen molar-refractivity contribution in [3.63, 3.8) is 0 Å². The van der Waals surface area contributed by atoms with Crippen molar-refractivity contribution in [2.75, 3.05) is 5.73 Å². The predicted octanol–water partition coefficient (Wildman–Crippen LogP) is 3.31. The molecule has 1 aromatic heterocycles. The molecule has 1 aliphatic carbocycles. The minimum atomic E-state index is -4.60. The van der Waals surface area contributed by atoms with E-state index >= 15 is 0 Å². The first kappa shape index (κ1) is 13.9. The summed E-state index contributed by atoms with van der Waals surface area (Å²) in [7, 11) is 0. The fourth-order valence-electron chi connectivity index (χ4n) is 2.39. The van der Waals surface area contributed by atoms with Gasteiger partial charge in [0.2, 0.25) is 5.95 Å². The molecule has 112 valence electrons. The summed E-state index contributed by atoms with van der Waals surface area (Å²) in [5.41, 5.74) is 8.30. The molecule has 0 unspecified atom stereocenters. The molecule has 2 N–H and O–H groups in total. The maximum Gasteiger partial charge on any atom is 0.453 e. The summed E-state index contributed by atoms with van der Waals surface area (Å²) in [5.74, 6) is -0.882. The highest BCUT2D eigenvalue weighted by molar-refractivity contribution is 5.48. The zero-order valence-corrected chi connectivity index (χ0v) is 11.5. The topological polar surface area (TPSA) is 56.7 Å². The molecule has 7 heteroatoms. The standard InChI is InChI=1S/C14H15F3N4/c1-2-8-7-10(9-3-4-9)5-6-11(8)21-13(18)19-12(20-21)14(15,16)17/h5-7,9H,2-4H2,1H3,(H2,18,19,20). The van der Waals surface area contributed by atoms with E-state index in [-0.39, 0.29) is 5.95 Å². The summed E-state index contributed by atoms with van der Waals surface area (Å²) >= 11 is 0. The second kappa shape index (κ2) is 4.75. The second-order valence-corrected chi connectivity index (χ2v) is 5.22. The number of alkyl halides is 3. The lowest BCUT2D eigenvalue weighted by Crippen LogP contribution is -2.09. The van der Waals surface area contributed by atoms with Crippen molar-refractivity contribution in [2.24, 2.45) is 0 Å². The molecular weight excluding hydrogens is 281 g/mol. The number of hydrogen-bond acceptors (Lipinski definition) is 3. The maximum absolute atomic E-state index is 12.7. The van der Waals surface area contributed by atoms with Crippen LogP contribution in [-0.4, -0.2) is 14.8 Å². The third-order valence-corrected chi connectivity index (χ3v) is 3.65. The summed E-state index contributed by atoms with van der Waals surface area (Å²) < 4.78 is 39.1. The van der Waals surface area contributed by atoms with Crippen LogP contribution in [0.25, 0.3) is 5.69 Å². The molecule has 21 heavy (non-hydrogen) atoms. The molecule has 0 radical (unpaired) electrons. The smallest absolute Gasteiger partial charge is 0.368 e. The molecule has 1 aromatic carbocycles. The van der Waals surface area contributed by atoms with Gasteiger partial charge in [0.25, 0.3) is 5.82 Å². The first-order chi connectivity index (χ1) is 9.90. The van der Waals surface area contributed by atoms with Crippen molar-refractivity contribution in [3.8, 4) is 5.69 Å². The lowest BCUT2D eigenvalue weighted by Gasteiger charge is -2.10. The Morgan fingerprint density at radius 3 is 2.57 bits per heavy atom. The molecule has 3 rings (SSSR count). The Hall–Kier alpha value is -2.05. The van der Waals surface area contributed by atoms with Crippen molar-refractivity contribution in [2.45, 2.75) is 38.3 Å². The summed E-state index contributed by atoms with van der Waals surface area (Å²) in [6.07, 6.45) is -1.56. The number of hydrogen-bond donors (Lipinski definition) is 1. The molecule has 0 aliphatic heterocycles. The van der Waals surface area contributed by atoms with Crippen LogP contribution >= 0.6 is 0 Å². The van der Waals surface area contributed by atoms with Gasteiger partial charge in [-0.1, -0.05) is 19.1 Å². The van der Waals surface area contributed by atoms with Crippen LogP contribution in [0.15, 0.2) is 18.2 Å². The van der Waals surface area contributed by atoms with Crippen molar-refractivity contribution in [1.82, 2.24) is 14.8 Å². The molecular formula is C14H15F3N4. The van der Waals surface area contributed by atoms with Gasteiger partial charge in [-0.25, -0.2) is 0 Å². The molecule has 0 spiro atoms. The Morgan fingerprint density at radius 1 is 1.33 bits per heavy atom. The van der Waals surface area contributed by atoms with E-state index in [0.717, 1.165) is 10.2 Å². The van der Waals surface area contributed by atoms with E-state index in [9.17, 15) is 13.2 Å². The maximum atomic E-state index is 12.7. The zero-order chi connectivity index (χ0) is 15.2. The van der Waals surface area contributed by atoms with Crippen LogP contribution in [0.3, 0.4) is 0 Å². The van der Waals surface area contributed by atoms with E-state index in [1.807, 2.05) is 19.1 Å². The number of nitrogens with two attached hydrogens (primary N) is 1. The van der Waals surface area contributed by atoms with Gasteiger partial charge in [0, 0.05) is 0 Å². The number of benzene rings is 1. The average Bonchev–Trinajstić information content (AvgIpc) is 3.20. The molecule has 0 saturated heterocycles. The Labute approximate surface area is 119 Å². The second-order valence-electron chi connectivity index (χ2n) is 5.22. The Morgan fingerprint density at radius 2 is 2.05 bits per heavy atom. The first-order valence-corrected chi connectivity index (χ1v) is 6.83. The third kappa shape index (κ3) is 2.59. The third-order valence-electron chi connectivity index (χ3n) is 3.65. The Kier molecular flexibility index (Phi) is 3.15. The van der Waals surface area contributed by atoms with Crippen molar-refractivity contribution >= 4 is 5.95 Å². The predicted molar refractivity (Wildman–Crippen MR) is 72.1 cm³/mol. The minimum absolute atomic E-state index is 0.254. The number of aromatic nitrogens is 3. The van der Waals surface area contributed by atoms with Crippen LogP contribution in [0.5, 0.6) is 0 Å². The van der Waals surface area contributed by atoms with Gasteiger partial charge in [0.15, 0.2) is 0 Å². The minimum Gasteiger partial charge on any atom is -0.368 e. The number of nitrogen functional groups attached to an aromatic ring is 1. The number of anilines is 1. The SMILES string of the molecule is CCc1cc(C2CC2)ccc1-n1nc(C(F)(F)F)nc1N.